The maximum atomic E-state index is 12.2. The summed E-state index contributed by atoms with van der Waals surface area (Å²) in [5.74, 6) is 0. The van der Waals surface area contributed by atoms with Crippen LogP contribution < -0.4 is 51.4 Å². The Labute approximate surface area is 133 Å². The minimum Gasteiger partial charge on any atom is -0.448 e. The predicted molar refractivity (Wildman–Crippen MR) is 53.2 cm³/mol. The van der Waals surface area contributed by atoms with Crippen LogP contribution >= 0.6 is 0 Å². The van der Waals surface area contributed by atoms with Crippen LogP contribution in [0.2, 0.25) is 0 Å². The molecule has 0 amide bonds. The molecule has 6 heteroatoms. The van der Waals surface area contributed by atoms with Gasteiger partial charge in [0, 0.05) is 6.54 Å². The molecule has 0 radical (unpaired) electrons. The molecule has 1 fully saturated rings. The number of hydrogen-bond donors (Lipinski definition) is 0. The van der Waals surface area contributed by atoms with Gasteiger partial charge in [-0.15, -0.1) is 0 Å². The van der Waals surface area contributed by atoms with Gasteiger partial charge in [0.15, 0.2) is 0 Å². The van der Waals surface area contributed by atoms with Crippen molar-refractivity contribution in [3.05, 3.63) is 0 Å². The Bertz CT molecular complexity index is 194. The summed E-state index contributed by atoms with van der Waals surface area (Å²) in [4.78, 5) is 1.56. The molecule has 0 unspecified atom stereocenters. The molecule has 1 aliphatic heterocycles. The minimum atomic E-state index is -4.65. The van der Waals surface area contributed by atoms with Crippen LogP contribution in [0, 0.1) is 5.41 Å². The van der Waals surface area contributed by atoms with E-state index in [0.29, 0.717) is 13.1 Å². The van der Waals surface area contributed by atoms with Crippen molar-refractivity contribution in [2.75, 3.05) is 19.5 Å². The van der Waals surface area contributed by atoms with E-state index in [1.54, 1.807) is 4.90 Å². The van der Waals surface area contributed by atoms with Crippen molar-refractivity contribution >= 4 is 6.98 Å². The first-order chi connectivity index (χ1) is 6.41. The number of rotatable bonds is 4. The fraction of sp³-hybridized carbons (Fsp3) is 1.00. The molecule has 1 heterocycles. The Balaban J connectivity index is 0.00000196. The topological polar surface area (TPSA) is 3.24 Å². The van der Waals surface area contributed by atoms with Crippen molar-refractivity contribution in [2.24, 2.45) is 5.41 Å². The van der Waals surface area contributed by atoms with E-state index in [-0.39, 0.29) is 56.8 Å². The van der Waals surface area contributed by atoms with E-state index in [1.165, 1.54) is 0 Å². The third-order valence-electron chi connectivity index (χ3n) is 3.48. The minimum absolute atomic E-state index is 0. The Kier molecular flexibility index (Phi) is 7.02. The summed E-state index contributed by atoms with van der Waals surface area (Å²) in [6, 6.07) is 0. The normalized spacial score (nSPS) is 21.4. The standard InChI is InChI=1S/C9H18BF3N.K/c1-3-9(4-2)5-6-14(7-9)8-10(11,12)13;/h3-8H2,1-2H3;/q-1;+1. The second-order valence-electron chi connectivity index (χ2n) is 4.40. The van der Waals surface area contributed by atoms with Crippen molar-refractivity contribution in [2.45, 2.75) is 33.1 Å². The van der Waals surface area contributed by atoms with Gasteiger partial charge in [0.25, 0.3) is 0 Å². The molecule has 1 nitrogen and oxygen atoms in total. The second-order valence-corrected chi connectivity index (χ2v) is 4.40. The van der Waals surface area contributed by atoms with Gasteiger partial charge in [-0.3, -0.25) is 0 Å². The van der Waals surface area contributed by atoms with Crippen LogP contribution in [0.3, 0.4) is 0 Å². The summed E-state index contributed by atoms with van der Waals surface area (Å²) in [7, 11) is 0. The van der Waals surface area contributed by atoms with Crippen molar-refractivity contribution in [3.63, 3.8) is 0 Å². The molecule has 1 saturated heterocycles. The van der Waals surface area contributed by atoms with Crippen LogP contribution in [-0.4, -0.2) is 31.4 Å². The van der Waals surface area contributed by atoms with Crippen LogP contribution in [0.4, 0.5) is 12.9 Å². The quantitative estimate of drug-likeness (QED) is 0.626. The van der Waals surface area contributed by atoms with Crippen LogP contribution in [0.15, 0.2) is 0 Å². The molecule has 1 rings (SSSR count). The molecule has 0 spiro atoms. The van der Waals surface area contributed by atoms with Gasteiger partial charge in [-0.05, 0) is 37.7 Å². The monoisotopic (exact) mass is 247 g/mol. The van der Waals surface area contributed by atoms with Gasteiger partial charge in [0.05, 0.1) is 0 Å². The zero-order chi connectivity index (χ0) is 10.8. The average molecular weight is 247 g/mol. The molecule has 15 heavy (non-hydrogen) atoms. The summed E-state index contributed by atoms with van der Waals surface area (Å²) < 4.78 is 36.6. The fourth-order valence-corrected chi connectivity index (χ4v) is 2.30. The zero-order valence-corrected chi connectivity index (χ0v) is 13.0. The molecule has 0 aliphatic carbocycles. The van der Waals surface area contributed by atoms with E-state index in [1.807, 2.05) is 0 Å². The largest absolute Gasteiger partial charge is 1.00 e. The first-order valence-electron chi connectivity index (χ1n) is 5.34. The first kappa shape index (κ1) is 16.5. The number of hydrogen-bond acceptors (Lipinski definition) is 1. The smallest absolute Gasteiger partial charge is 0.448 e. The van der Waals surface area contributed by atoms with E-state index in [9.17, 15) is 12.9 Å². The number of nitrogens with zero attached hydrogens (tertiary/aromatic N) is 1. The molecule has 0 bridgehead atoms. The van der Waals surface area contributed by atoms with Gasteiger partial charge < -0.3 is 17.8 Å². The Hall–Kier alpha value is 1.45. The summed E-state index contributed by atoms with van der Waals surface area (Å²) >= 11 is 0. The van der Waals surface area contributed by atoms with E-state index in [2.05, 4.69) is 13.8 Å². The summed E-state index contributed by atoms with van der Waals surface area (Å²) in [5, 5.41) is 0. The second kappa shape index (κ2) is 6.40. The Morgan fingerprint density at radius 3 is 2.07 bits per heavy atom. The van der Waals surface area contributed by atoms with Crippen molar-refractivity contribution in [1.82, 2.24) is 4.90 Å². The van der Waals surface area contributed by atoms with Gasteiger partial charge in [-0.2, -0.15) is 0 Å². The van der Waals surface area contributed by atoms with E-state index in [0.717, 1.165) is 19.3 Å². The van der Waals surface area contributed by atoms with Gasteiger partial charge in [0.2, 0.25) is 0 Å². The molecular formula is C9H18BF3KN. The molecule has 0 aromatic heterocycles. The molecule has 0 N–H and O–H groups in total. The SMILES string of the molecule is CCC1(CC)CCN(C[B-](F)(F)F)C1.[K+]. The fourth-order valence-electron chi connectivity index (χ4n) is 2.30. The van der Waals surface area contributed by atoms with Crippen LogP contribution in [0.1, 0.15) is 33.1 Å². The Morgan fingerprint density at radius 1 is 1.20 bits per heavy atom. The maximum Gasteiger partial charge on any atom is 1.00 e. The molecule has 0 aromatic rings. The van der Waals surface area contributed by atoms with Gasteiger partial charge >= 0.3 is 58.4 Å². The van der Waals surface area contributed by atoms with E-state index in [4.69, 9.17) is 0 Å². The van der Waals surface area contributed by atoms with Gasteiger partial charge in [-0.25, -0.2) is 0 Å². The van der Waals surface area contributed by atoms with Crippen molar-refractivity contribution < 1.29 is 64.3 Å². The molecule has 1 aliphatic rings. The van der Waals surface area contributed by atoms with E-state index < -0.39 is 13.4 Å². The first-order valence-corrected chi connectivity index (χ1v) is 5.34. The zero-order valence-electron chi connectivity index (χ0n) is 9.90. The predicted octanol–water partition coefficient (Wildman–Crippen LogP) is -0.111. The number of likely N-dealkylation sites (tertiary alicyclic amines) is 1. The average Bonchev–Trinajstić information content (AvgIpc) is 2.46. The molecular weight excluding hydrogens is 229 g/mol. The van der Waals surface area contributed by atoms with Crippen LogP contribution in [0.5, 0.6) is 0 Å². The summed E-state index contributed by atoms with van der Waals surface area (Å²) in [5.41, 5.74) is 0.154. The molecule has 0 saturated carbocycles. The van der Waals surface area contributed by atoms with Crippen molar-refractivity contribution in [1.29, 1.82) is 0 Å². The molecule has 84 valence electrons. The van der Waals surface area contributed by atoms with Crippen LogP contribution in [-0.2, 0) is 0 Å². The molecule has 0 atom stereocenters. The molecule has 0 aromatic carbocycles. The van der Waals surface area contributed by atoms with Gasteiger partial charge in [0.1, 0.15) is 0 Å². The maximum absolute atomic E-state index is 12.2. The third kappa shape index (κ3) is 5.08. The third-order valence-corrected chi connectivity index (χ3v) is 3.48. The Morgan fingerprint density at radius 2 is 1.73 bits per heavy atom. The van der Waals surface area contributed by atoms with Gasteiger partial charge in [-0.1, -0.05) is 13.8 Å². The summed E-state index contributed by atoms with van der Waals surface area (Å²) in [6.07, 6.45) is 2.23. The number of halogens is 3. The van der Waals surface area contributed by atoms with Crippen molar-refractivity contribution in [3.8, 4) is 0 Å². The van der Waals surface area contributed by atoms with E-state index >= 15 is 0 Å². The van der Waals surface area contributed by atoms with Crippen LogP contribution in [0.25, 0.3) is 0 Å². The summed E-state index contributed by atoms with van der Waals surface area (Å²) in [6.45, 7) is 0.743.